The van der Waals surface area contributed by atoms with Crippen molar-refractivity contribution in [2.45, 2.75) is 6.42 Å². The summed E-state index contributed by atoms with van der Waals surface area (Å²) < 4.78 is 0. The molecule has 0 aromatic rings. The molecule has 0 fully saturated rings. The maximum atomic E-state index is 5.48. The SMILES string of the molecule is [CH]C1([CH])C=CCC=C1. The highest BCUT2D eigenvalue weighted by atomic mass is 14.1. The van der Waals surface area contributed by atoms with E-state index in [1.165, 1.54) is 0 Å². The van der Waals surface area contributed by atoms with Crippen LogP contribution in [0.15, 0.2) is 24.3 Å². The van der Waals surface area contributed by atoms with Crippen molar-refractivity contribution in [3.8, 4) is 0 Å². The van der Waals surface area contributed by atoms with Gasteiger partial charge in [-0.1, -0.05) is 24.3 Å². The van der Waals surface area contributed by atoms with Crippen molar-refractivity contribution in [3.05, 3.63) is 38.2 Å². The molecule has 0 bridgehead atoms. The van der Waals surface area contributed by atoms with Crippen LogP contribution in [0, 0.1) is 19.3 Å². The van der Waals surface area contributed by atoms with Gasteiger partial charge in [-0.25, -0.2) is 0 Å². The Kier molecular flexibility index (Phi) is 1.24. The Balaban J connectivity index is 2.69. The van der Waals surface area contributed by atoms with Crippen molar-refractivity contribution in [1.29, 1.82) is 0 Å². The molecule has 0 atom stereocenters. The Morgan fingerprint density at radius 2 is 1.62 bits per heavy atom. The highest BCUT2D eigenvalue weighted by Gasteiger charge is 2.10. The van der Waals surface area contributed by atoms with E-state index in [0.717, 1.165) is 6.42 Å². The highest BCUT2D eigenvalue weighted by molar-refractivity contribution is 5.20. The lowest BCUT2D eigenvalue weighted by Crippen LogP contribution is -2.04. The minimum atomic E-state index is -0.682. The van der Waals surface area contributed by atoms with Crippen LogP contribution >= 0.6 is 0 Å². The summed E-state index contributed by atoms with van der Waals surface area (Å²) >= 11 is 0. The molecular weight excluding hydrogens is 96.1 g/mol. The number of hydrogen-bond acceptors (Lipinski definition) is 0. The third-order valence-corrected chi connectivity index (χ3v) is 1.09. The van der Waals surface area contributed by atoms with Gasteiger partial charge in [0.25, 0.3) is 0 Å². The van der Waals surface area contributed by atoms with Gasteiger partial charge in [-0.15, -0.1) is 0 Å². The Hall–Kier alpha value is -0.520. The summed E-state index contributed by atoms with van der Waals surface area (Å²) in [6.07, 6.45) is 8.47. The molecule has 0 saturated carbocycles. The van der Waals surface area contributed by atoms with Crippen molar-refractivity contribution < 1.29 is 0 Å². The van der Waals surface area contributed by atoms with Crippen molar-refractivity contribution in [3.63, 3.8) is 0 Å². The molecule has 0 aliphatic heterocycles. The second kappa shape index (κ2) is 1.77. The molecule has 0 spiro atoms. The molecule has 0 amide bonds. The van der Waals surface area contributed by atoms with E-state index in [9.17, 15) is 0 Å². The van der Waals surface area contributed by atoms with Crippen LogP contribution in [0.4, 0.5) is 0 Å². The average Bonchev–Trinajstić information content (AvgIpc) is 1.65. The fourth-order valence-electron chi connectivity index (χ4n) is 0.678. The van der Waals surface area contributed by atoms with Gasteiger partial charge in [-0.2, -0.15) is 0 Å². The van der Waals surface area contributed by atoms with E-state index < -0.39 is 5.41 Å². The van der Waals surface area contributed by atoms with Gasteiger partial charge in [0.05, 0.1) is 0 Å². The van der Waals surface area contributed by atoms with Gasteiger partial charge in [-0.05, 0) is 20.3 Å². The predicted molar refractivity (Wildman–Crippen MR) is 33.9 cm³/mol. The normalized spacial score (nSPS) is 23.8. The summed E-state index contributed by atoms with van der Waals surface area (Å²) in [5.41, 5.74) is -0.682. The summed E-state index contributed by atoms with van der Waals surface area (Å²) in [6.45, 7) is 11.0. The molecule has 1 aliphatic rings. The summed E-state index contributed by atoms with van der Waals surface area (Å²) in [6, 6.07) is 0. The van der Waals surface area contributed by atoms with E-state index in [2.05, 4.69) is 0 Å². The van der Waals surface area contributed by atoms with Gasteiger partial charge < -0.3 is 0 Å². The molecule has 0 aromatic carbocycles. The first-order valence-electron chi connectivity index (χ1n) is 2.64. The standard InChI is InChI=1S/C8H8/c1-8(2)6-4-3-5-7-8/h1-2,4-7H,3H2. The van der Waals surface area contributed by atoms with Gasteiger partial charge in [-0.3, -0.25) is 0 Å². The van der Waals surface area contributed by atoms with Crippen LogP contribution in [0.25, 0.3) is 0 Å². The third kappa shape index (κ3) is 1.22. The van der Waals surface area contributed by atoms with Crippen LogP contribution < -0.4 is 0 Å². The van der Waals surface area contributed by atoms with Crippen LogP contribution in [-0.4, -0.2) is 0 Å². The van der Waals surface area contributed by atoms with Gasteiger partial charge in [0, 0.05) is 5.41 Å². The first-order chi connectivity index (χ1) is 3.71. The smallest absolute Gasteiger partial charge is 0.0130 e. The first kappa shape index (κ1) is 5.61. The molecular formula is C8H8. The van der Waals surface area contributed by atoms with E-state index in [0.29, 0.717) is 0 Å². The Morgan fingerprint density at radius 3 is 1.88 bits per heavy atom. The van der Waals surface area contributed by atoms with Crippen molar-refractivity contribution in [1.82, 2.24) is 0 Å². The van der Waals surface area contributed by atoms with E-state index in [1.807, 2.05) is 12.2 Å². The molecule has 1 rings (SSSR count). The lowest BCUT2D eigenvalue weighted by Gasteiger charge is -2.15. The van der Waals surface area contributed by atoms with Crippen LogP contribution in [-0.2, 0) is 0 Å². The molecule has 4 radical (unpaired) electrons. The highest BCUT2D eigenvalue weighted by Crippen LogP contribution is 2.21. The fraction of sp³-hybridized carbons (Fsp3) is 0.250. The molecule has 0 heterocycles. The molecule has 0 saturated heterocycles. The van der Waals surface area contributed by atoms with E-state index in [4.69, 9.17) is 13.8 Å². The van der Waals surface area contributed by atoms with Gasteiger partial charge in [0.15, 0.2) is 0 Å². The first-order valence-corrected chi connectivity index (χ1v) is 2.64. The maximum Gasteiger partial charge on any atom is 0.0130 e. The van der Waals surface area contributed by atoms with Gasteiger partial charge in [0.2, 0.25) is 0 Å². The Labute approximate surface area is 50.9 Å². The molecule has 0 unspecified atom stereocenters. The van der Waals surface area contributed by atoms with Crippen LogP contribution in [0.3, 0.4) is 0 Å². The number of hydrogen-bond donors (Lipinski definition) is 0. The second-order valence-corrected chi connectivity index (χ2v) is 2.04. The average molecular weight is 104 g/mol. The van der Waals surface area contributed by atoms with E-state index in [-0.39, 0.29) is 0 Å². The number of allylic oxidation sites excluding steroid dienone is 4. The largest absolute Gasteiger partial charge is 0.0839 e. The quantitative estimate of drug-likeness (QED) is 0.412. The zero-order valence-electron chi connectivity index (χ0n) is 4.67. The molecule has 8 heavy (non-hydrogen) atoms. The fourth-order valence-corrected chi connectivity index (χ4v) is 0.678. The zero-order valence-corrected chi connectivity index (χ0v) is 4.67. The second-order valence-electron chi connectivity index (χ2n) is 2.04. The summed E-state index contributed by atoms with van der Waals surface area (Å²) in [7, 11) is 0. The molecule has 0 nitrogen and oxygen atoms in total. The van der Waals surface area contributed by atoms with Crippen molar-refractivity contribution in [2.75, 3.05) is 0 Å². The zero-order chi connectivity index (χ0) is 6.04. The molecule has 0 aromatic heterocycles. The third-order valence-electron chi connectivity index (χ3n) is 1.09. The molecule has 0 heteroatoms. The van der Waals surface area contributed by atoms with Gasteiger partial charge >= 0.3 is 0 Å². The predicted octanol–water partition coefficient (Wildman–Crippen LogP) is 1.91. The molecule has 1 aliphatic carbocycles. The lowest BCUT2D eigenvalue weighted by molar-refractivity contribution is 0.788. The minimum Gasteiger partial charge on any atom is -0.0839 e. The van der Waals surface area contributed by atoms with Crippen LogP contribution in [0.2, 0.25) is 0 Å². The summed E-state index contributed by atoms with van der Waals surface area (Å²) in [5, 5.41) is 0. The van der Waals surface area contributed by atoms with E-state index >= 15 is 0 Å². The van der Waals surface area contributed by atoms with Crippen LogP contribution in [0.1, 0.15) is 6.42 Å². The molecule has 40 valence electrons. The Morgan fingerprint density at radius 1 is 1.12 bits per heavy atom. The van der Waals surface area contributed by atoms with Crippen molar-refractivity contribution >= 4 is 0 Å². The minimum absolute atomic E-state index is 0.682. The lowest BCUT2D eigenvalue weighted by atomic mass is 9.89. The van der Waals surface area contributed by atoms with E-state index in [1.54, 1.807) is 12.2 Å². The summed E-state index contributed by atoms with van der Waals surface area (Å²) in [5.74, 6) is 0. The van der Waals surface area contributed by atoms with Gasteiger partial charge in [0.1, 0.15) is 0 Å². The van der Waals surface area contributed by atoms with Crippen molar-refractivity contribution in [2.24, 2.45) is 5.41 Å². The number of rotatable bonds is 0. The van der Waals surface area contributed by atoms with Crippen LogP contribution in [0.5, 0.6) is 0 Å². The Bertz CT molecular complexity index is 113. The monoisotopic (exact) mass is 104 g/mol. The topological polar surface area (TPSA) is 0 Å². The molecule has 0 N–H and O–H groups in total. The maximum absolute atomic E-state index is 5.48. The summed E-state index contributed by atoms with van der Waals surface area (Å²) in [4.78, 5) is 0.